The van der Waals surface area contributed by atoms with E-state index in [-0.39, 0.29) is 25.1 Å². The van der Waals surface area contributed by atoms with E-state index in [0.717, 1.165) is 0 Å². The SMILES string of the molecule is CCC(NC(=O)NCCCS(N)(=O)=O)C(=O)O. The summed E-state index contributed by atoms with van der Waals surface area (Å²) in [5.74, 6) is -1.35. The van der Waals surface area contributed by atoms with E-state index in [1.54, 1.807) is 6.92 Å². The maximum atomic E-state index is 11.2. The summed E-state index contributed by atoms with van der Waals surface area (Å²) in [7, 11) is -3.53. The first kappa shape index (κ1) is 15.7. The monoisotopic (exact) mass is 267 g/mol. The molecule has 0 aromatic heterocycles. The van der Waals surface area contributed by atoms with Crippen LogP contribution < -0.4 is 15.8 Å². The number of sulfonamides is 1. The average Bonchev–Trinajstić information content (AvgIpc) is 2.19. The lowest BCUT2D eigenvalue weighted by atomic mass is 10.2. The van der Waals surface area contributed by atoms with E-state index in [9.17, 15) is 18.0 Å². The van der Waals surface area contributed by atoms with Crippen molar-refractivity contribution in [1.82, 2.24) is 10.6 Å². The molecule has 0 saturated carbocycles. The van der Waals surface area contributed by atoms with Gasteiger partial charge in [0.1, 0.15) is 6.04 Å². The lowest BCUT2D eigenvalue weighted by Gasteiger charge is -2.12. The van der Waals surface area contributed by atoms with Crippen molar-refractivity contribution in [3.05, 3.63) is 0 Å². The minimum Gasteiger partial charge on any atom is -0.480 e. The number of primary sulfonamides is 1. The highest BCUT2D eigenvalue weighted by atomic mass is 32.2. The molecule has 17 heavy (non-hydrogen) atoms. The van der Waals surface area contributed by atoms with Gasteiger partial charge in [-0.1, -0.05) is 6.92 Å². The molecule has 0 aliphatic rings. The zero-order valence-electron chi connectivity index (χ0n) is 9.47. The first-order valence-corrected chi connectivity index (χ1v) is 6.75. The van der Waals surface area contributed by atoms with E-state index in [1.807, 2.05) is 0 Å². The molecule has 0 spiro atoms. The predicted octanol–water partition coefficient (Wildman–Crippen LogP) is -1.17. The summed E-state index contributed by atoms with van der Waals surface area (Å²) >= 11 is 0. The Labute approximate surface area is 99.6 Å². The van der Waals surface area contributed by atoms with Gasteiger partial charge in [0.25, 0.3) is 0 Å². The fourth-order valence-electron chi connectivity index (χ4n) is 1.02. The third kappa shape index (κ3) is 8.46. The van der Waals surface area contributed by atoms with Crippen molar-refractivity contribution >= 4 is 22.0 Å². The average molecular weight is 267 g/mol. The summed E-state index contributed by atoms with van der Waals surface area (Å²) in [5.41, 5.74) is 0. The van der Waals surface area contributed by atoms with Gasteiger partial charge >= 0.3 is 12.0 Å². The van der Waals surface area contributed by atoms with Gasteiger partial charge in [-0.2, -0.15) is 0 Å². The Morgan fingerprint density at radius 1 is 1.41 bits per heavy atom. The molecule has 0 aromatic rings. The van der Waals surface area contributed by atoms with Gasteiger partial charge in [0.05, 0.1) is 5.75 Å². The molecule has 0 fully saturated rings. The lowest BCUT2D eigenvalue weighted by Crippen LogP contribution is -2.46. The molecule has 1 unspecified atom stereocenters. The number of hydrogen-bond donors (Lipinski definition) is 4. The van der Waals surface area contributed by atoms with Crippen molar-refractivity contribution in [2.45, 2.75) is 25.8 Å². The molecule has 0 saturated heterocycles. The van der Waals surface area contributed by atoms with Gasteiger partial charge in [-0.15, -0.1) is 0 Å². The second kappa shape index (κ2) is 7.07. The molecule has 0 aromatic carbocycles. The third-order valence-corrected chi connectivity index (χ3v) is 2.76. The van der Waals surface area contributed by atoms with Crippen molar-refractivity contribution in [1.29, 1.82) is 0 Å². The number of amides is 2. The molecule has 100 valence electrons. The first-order chi connectivity index (χ1) is 7.76. The largest absolute Gasteiger partial charge is 0.480 e. The Kier molecular flexibility index (Phi) is 6.51. The molecular weight excluding hydrogens is 250 g/mol. The van der Waals surface area contributed by atoms with Crippen molar-refractivity contribution in [2.24, 2.45) is 5.14 Å². The smallest absolute Gasteiger partial charge is 0.326 e. The molecule has 0 bridgehead atoms. The van der Waals surface area contributed by atoms with Crippen LogP contribution in [-0.4, -0.2) is 43.9 Å². The molecule has 1 atom stereocenters. The minimum atomic E-state index is -3.53. The summed E-state index contributed by atoms with van der Waals surface area (Å²) in [6, 6.07) is -1.60. The van der Waals surface area contributed by atoms with Crippen LogP contribution in [0.15, 0.2) is 0 Å². The number of rotatable bonds is 7. The minimum absolute atomic E-state index is 0.109. The molecule has 9 heteroatoms. The van der Waals surface area contributed by atoms with Crippen LogP contribution in [0.1, 0.15) is 19.8 Å². The van der Waals surface area contributed by atoms with Crippen molar-refractivity contribution < 1.29 is 23.1 Å². The molecule has 0 rings (SSSR count). The third-order valence-electron chi connectivity index (χ3n) is 1.90. The fourth-order valence-corrected chi connectivity index (χ4v) is 1.57. The van der Waals surface area contributed by atoms with Crippen LogP contribution in [0.5, 0.6) is 0 Å². The maximum Gasteiger partial charge on any atom is 0.326 e. The summed E-state index contributed by atoms with van der Waals surface area (Å²) in [4.78, 5) is 21.8. The maximum absolute atomic E-state index is 11.2. The summed E-state index contributed by atoms with van der Waals surface area (Å²) < 4.78 is 21.1. The molecule has 0 heterocycles. The highest BCUT2D eigenvalue weighted by Crippen LogP contribution is 1.90. The molecule has 0 aliphatic carbocycles. The second-order valence-electron chi connectivity index (χ2n) is 3.42. The number of carbonyl (C=O) groups is 2. The van der Waals surface area contributed by atoms with E-state index in [4.69, 9.17) is 10.2 Å². The number of carbonyl (C=O) groups excluding carboxylic acids is 1. The highest BCUT2D eigenvalue weighted by molar-refractivity contribution is 7.89. The van der Waals surface area contributed by atoms with Crippen molar-refractivity contribution in [3.63, 3.8) is 0 Å². The van der Waals surface area contributed by atoms with E-state index < -0.39 is 28.1 Å². The molecule has 8 nitrogen and oxygen atoms in total. The predicted molar refractivity (Wildman–Crippen MR) is 60.8 cm³/mol. The number of carboxylic acid groups (broad SMARTS) is 1. The van der Waals surface area contributed by atoms with E-state index >= 15 is 0 Å². The van der Waals surface area contributed by atoms with Crippen LogP contribution >= 0.6 is 0 Å². The van der Waals surface area contributed by atoms with Gasteiger partial charge in [0, 0.05) is 6.54 Å². The second-order valence-corrected chi connectivity index (χ2v) is 5.15. The number of aliphatic carboxylic acids is 1. The van der Waals surface area contributed by atoms with Crippen LogP contribution in [0.2, 0.25) is 0 Å². The lowest BCUT2D eigenvalue weighted by molar-refractivity contribution is -0.139. The van der Waals surface area contributed by atoms with Gasteiger partial charge in [-0.25, -0.2) is 23.1 Å². The van der Waals surface area contributed by atoms with E-state index in [0.29, 0.717) is 0 Å². The molecule has 0 aliphatic heterocycles. The Bertz CT molecular complexity index is 367. The summed E-state index contributed by atoms with van der Waals surface area (Å²) in [5, 5.41) is 18.0. The van der Waals surface area contributed by atoms with Gasteiger partial charge in [0.2, 0.25) is 10.0 Å². The van der Waals surface area contributed by atoms with Crippen molar-refractivity contribution in [2.75, 3.05) is 12.3 Å². The first-order valence-electron chi connectivity index (χ1n) is 5.04. The van der Waals surface area contributed by atoms with E-state index in [1.165, 1.54) is 0 Å². The Morgan fingerprint density at radius 2 is 2.00 bits per heavy atom. The number of carboxylic acids is 1. The molecule has 0 radical (unpaired) electrons. The van der Waals surface area contributed by atoms with Gasteiger partial charge in [0.15, 0.2) is 0 Å². The van der Waals surface area contributed by atoms with Crippen molar-refractivity contribution in [3.8, 4) is 0 Å². The zero-order chi connectivity index (χ0) is 13.5. The Hall–Kier alpha value is -1.35. The Morgan fingerprint density at radius 3 is 2.41 bits per heavy atom. The van der Waals surface area contributed by atoms with Crippen LogP contribution in [0.4, 0.5) is 4.79 Å². The quantitative estimate of drug-likeness (QED) is 0.430. The van der Waals surface area contributed by atoms with Crippen LogP contribution in [0.25, 0.3) is 0 Å². The normalized spacial score (nSPS) is 12.8. The van der Waals surface area contributed by atoms with Crippen LogP contribution in [-0.2, 0) is 14.8 Å². The highest BCUT2D eigenvalue weighted by Gasteiger charge is 2.16. The summed E-state index contributed by atoms with van der Waals surface area (Å²) in [6.45, 7) is 1.73. The topological polar surface area (TPSA) is 139 Å². The Balaban J connectivity index is 3.84. The summed E-state index contributed by atoms with van der Waals surface area (Å²) in [6.07, 6.45) is 0.441. The molecular formula is C8H17N3O5S. The number of urea groups is 1. The standard InChI is InChI=1S/C8H17N3O5S/c1-2-6(7(12)13)11-8(14)10-4-3-5-17(9,15)16/h6H,2-5H2,1H3,(H,12,13)(H2,9,15,16)(H2,10,11,14). The van der Waals surface area contributed by atoms with Crippen LogP contribution in [0.3, 0.4) is 0 Å². The van der Waals surface area contributed by atoms with Gasteiger partial charge in [-0.05, 0) is 12.8 Å². The fraction of sp³-hybridized carbons (Fsp3) is 0.750. The number of nitrogens with two attached hydrogens (primary N) is 1. The van der Waals surface area contributed by atoms with Gasteiger partial charge in [-0.3, -0.25) is 0 Å². The zero-order valence-corrected chi connectivity index (χ0v) is 10.3. The molecule has 5 N–H and O–H groups in total. The van der Waals surface area contributed by atoms with E-state index in [2.05, 4.69) is 10.6 Å². The number of nitrogens with one attached hydrogen (secondary N) is 2. The van der Waals surface area contributed by atoms with Crippen LogP contribution in [0, 0.1) is 0 Å². The number of hydrogen-bond acceptors (Lipinski definition) is 4. The molecule has 2 amide bonds. The van der Waals surface area contributed by atoms with Gasteiger partial charge < -0.3 is 15.7 Å².